The number of halogens is 2. The summed E-state index contributed by atoms with van der Waals surface area (Å²) in [5.74, 6) is -0.269. The van der Waals surface area contributed by atoms with Gasteiger partial charge in [0.25, 0.3) is 5.56 Å². The molecule has 0 saturated heterocycles. The second-order valence-corrected chi connectivity index (χ2v) is 6.70. The maximum absolute atomic E-state index is 12.3. The zero-order valence-electron chi connectivity index (χ0n) is 12.2. The van der Waals surface area contributed by atoms with E-state index in [2.05, 4.69) is 10.4 Å². The molecule has 0 aliphatic rings. The molecular formula is C16H11Cl2N3O2S. The van der Waals surface area contributed by atoms with Gasteiger partial charge in [-0.25, -0.2) is 9.66 Å². The van der Waals surface area contributed by atoms with Crippen LogP contribution in [0.15, 0.2) is 58.5 Å². The van der Waals surface area contributed by atoms with Crippen LogP contribution in [0.2, 0.25) is 10.0 Å². The van der Waals surface area contributed by atoms with E-state index in [-0.39, 0.29) is 17.2 Å². The third-order valence-corrected chi connectivity index (χ3v) is 4.89. The van der Waals surface area contributed by atoms with Crippen molar-refractivity contribution in [1.29, 1.82) is 0 Å². The Morgan fingerprint density at radius 1 is 1.21 bits per heavy atom. The number of hydrogen-bond donors (Lipinski definition) is 1. The molecule has 3 rings (SSSR count). The first kappa shape index (κ1) is 16.8. The van der Waals surface area contributed by atoms with Crippen LogP contribution in [0.1, 0.15) is 0 Å². The van der Waals surface area contributed by atoms with E-state index < -0.39 is 0 Å². The normalized spacial score (nSPS) is 10.8. The van der Waals surface area contributed by atoms with Crippen molar-refractivity contribution < 1.29 is 4.79 Å². The number of benzene rings is 2. The molecule has 1 N–H and O–H groups in total. The summed E-state index contributed by atoms with van der Waals surface area (Å²) in [6, 6.07) is 12.0. The minimum Gasteiger partial charge on any atom is -0.272 e. The Morgan fingerprint density at radius 2 is 2.00 bits per heavy atom. The van der Waals surface area contributed by atoms with Crippen molar-refractivity contribution >= 4 is 51.8 Å². The highest BCUT2D eigenvalue weighted by atomic mass is 35.5. The second-order valence-electron chi connectivity index (χ2n) is 4.84. The Kier molecular flexibility index (Phi) is 5.08. The van der Waals surface area contributed by atoms with Crippen LogP contribution in [0.25, 0.3) is 10.9 Å². The molecule has 0 bridgehead atoms. The van der Waals surface area contributed by atoms with Crippen molar-refractivity contribution in [3.05, 3.63) is 69.2 Å². The summed E-state index contributed by atoms with van der Waals surface area (Å²) in [5.41, 5.74) is 2.76. The molecule has 0 spiro atoms. The largest absolute Gasteiger partial charge is 0.280 e. The number of rotatable bonds is 4. The molecule has 1 heterocycles. The average molecular weight is 380 g/mol. The van der Waals surface area contributed by atoms with Crippen molar-refractivity contribution in [3.8, 4) is 0 Å². The maximum Gasteiger partial charge on any atom is 0.280 e. The summed E-state index contributed by atoms with van der Waals surface area (Å²) in [7, 11) is 0. The Balaban J connectivity index is 1.72. The number of aromatic nitrogens is 2. The molecule has 0 saturated carbocycles. The van der Waals surface area contributed by atoms with Gasteiger partial charge in [-0.15, -0.1) is 11.8 Å². The molecule has 24 heavy (non-hydrogen) atoms. The van der Waals surface area contributed by atoms with E-state index in [1.54, 1.807) is 42.5 Å². The molecule has 0 aliphatic carbocycles. The molecule has 0 atom stereocenters. The van der Waals surface area contributed by atoms with Crippen LogP contribution >= 0.6 is 35.0 Å². The first-order chi connectivity index (χ1) is 11.5. The minimum atomic E-state index is -0.352. The van der Waals surface area contributed by atoms with Crippen molar-refractivity contribution in [3.63, 3.8) is 0 Å². The van der Waals surface area contributed by atoms with Gasteiger partial charge in [0.15, 0.2) is 0 Å². The standard InChI is InChI=1S/C16H11Cl2N3O2S/c17-10-5-6-12(18)14(7-10)24-8-15(22)20-21-9-19-13-4-2-1-3-11(13)16(21)23/h1-7,9H,8H2,(H,20,22). The first-order valence-corrected chi connectivity index (χ1v) is 8.63. The molecule has 2 aromatic carbocycles. The van der Waals surface area contributed by atoms with Gasteiger partial charge in [-0.1, -0.05) is 35.3 Å². The number of carbonyl (C=O) groups is 1. The highest BCUT2D eigenvalue weighted by Crippen LogP contribution is 2.29. The van der Waals surface area contributed by atoms with Crippen LogP contribution in [0.3, 0.4) is 0 Å². The number of para-hydroxylation sites is 1. The highest BCUT2D eigenvalue weighted by Gasteiger charge is 2.09. The molecular weight excluding hydrogens is 369 g/mol. The molecule has 1 amide bonds. The number of thioether (sulfide) groups is 1. The Morgan fingerprint density at radius 3 is 2.83 bits per heavy atom. The smallest absolute Gasteiger partial charge is 0.272 e. The van der Waals surface area contributed by atoms with E-state index in [1.165, 1.54) is 18.1 Å². The van der Waals surface area contributed by atoms with Crippen LogP contribution < -0.4 is 11.0 Å². The lowest BCUT2D eigenvalue weighted by Gasteiger charge is -2.09. The molecule has 0 radical (unpaired) electrons. The van der Waals surface area contributed by atoms with Gasteiger partial charge in [-0.05, 0) is 30.3 Å². The summed E-state index contributed by atoms with van der Waals surface area (Å²) in [5, 5.41) is 1.49. The molecule has 3 aromatic rings. The van der Waals surface area contributed by atoms with E-state index in [9.17, 15) is 9.59 Å². The Hall–Kier alpha value is -2.02. The van der Waals surface area contributed by atoms with Gasteiger partial charge in [-0.3, -0.25) is 15.0 Å². The molecule has 1 aromatic heterocycles. The predicted molar refractivity (Wildman–Crippen MR) is 97.6 cm³/mol. The van der Waals surface area contributed by atoms with Crippen molar-refractivity contribution in [2.75, 3.05) is 11.2 Å². The van der Waals surface area contributed by atoms with Crippen molar-refractivity contribution in [2.24, 2.45) is 0 Å². The van der Waals surface area contributed by atoms with Crippen molar-refractivity contribution in [2.45, 2.75) is 4.90 Å². The van der Waals surface area contributed by atoms with E-state index in [1.807, 2.05) is 0 Å². The topological polar surface area (TPSA) is 64.0 Å². The fraction of sp³-hybridized carbons (Fsp3) is 0.0625. The van der Waals surface area contributed by atoms with Crippen LogP contribution in [0.5, 0.6) is 0 Å². The molecule has 5 nitrogen and oxygen atoms in total. The highest BCUT2D eigenvalue weighted by molar-refractivity contribution is 8.00. The minimum absolute atomic E-state index is 0.0827. The summed E-state index contributed by atoms with van der Waals surface area (Å²) in [6.45, 7) is 0. The van der Waals surface area contributed by atoms with Gasteiger partial charge >= 0.3 is 0 Å². The van der Waals surface area contributed by atoms with Crippen LogP contribution in [-0.2, 0) is 4.79 Å². The average Bonchev–Trinajstić information content (AvgIpc) is 2.58. The summed E-state index contributed by atoms with van der Waals surface area (Å²) in [6.07, 6.45) is 1.29. The van der Waals surface area contributed by atoms with Crippen LogP contribution in [-0.4, -0.2) is 21.3 Å². The number of nitrogens with zero attached hydrogens (tertiary/aromatic N) is 2. The number of carbonyl (C=O) groups excluding carboxylic acids is 1. The fourth-order valence-electron chi connectivity index (χ4n) is 2.05. The Bertz CT molecular complexity index is 975. The van der Waals surface area contributed by atoms with Gasteiger partial charge < -0.3 is 0 Å². The quantitative estimate of drug-likeness (QED) is 0.703. The van der Waals surface area contributed by atoms with Gasteiger partial charge in [-0.2, -0.15) is 0 Å². The fourth-order valence-corrected chi connectivity index (χ4v) is 3.33. The lowest BCUT2D eigenvalue weighted by Crippen LogP contribution is -2.34. The zero-order chi connectivity index (χ0) is 17.1. The van der Waals surface area contributed by atoms with Gasteiger partial charge in [0.05, 0.1) is 21.7 Å². The number of hydrogen-bond acceptors (Lipinski definition) is 4. The van der Waals surface area contributed by atoms with E-state index in [0.717, 1.165) is 4.68 Å². The molecule has 122 valence electrons. The Labute approximate surface area is 151 Å². The number of amides is 1. The van der Waals surface area contributed by atoms with E-state index >= 15 is 0 Å². The molecule has 0 aliphatic heterocycles. The summed E-state index contributed by atoms with van der Waals surface area (Å²) in [4.78, 5) is 29.2. The number of fused-ring (bicyclic) bond motifs is 1. The number of nitrogens with one attached hydrogen (secondary N) is 1. The van der Waals surface area contributed by atoms with Gasteiger partial charge in [0.1, 0.15) is 6.33 Å². The predicted octanol–water partition coefficient (Wildman–Crippen LogP) is 3.57. The van der Waals surface area contributed by atoms with E-state index in [4.69, 9.17) is 23.2 Å². The maximum atomic E-state index is 12.3. The SMILES string of the molecule is O=C(CSc1cc(Cl)ccc1Cl)Nn1cnc2ccccc2c1=O. The van der Waals surface area contributed by atoms with Crippen LogP contribution in [0, 0.1) is 0 Å². The molecule has 8 heteroatoms. The zero-order valence-corrected chi connectivity index (χ0v) is 14.5. The summed E-state index contributed by atoms with van der Waals surface area (Å²) >= 11 is 13.2. The van der Waals surface area contributed by atoms with Crippen molar-refractivity contribution in [1.82, 2.24) is 9.66 Å². The lowest BCUT2D eigenvalue weighted by atomic mass is 10.2. The molecule has 0 fully saturated rings. The van der Waals surface area contributed by atoms with Gasteiger partial charge in [0.2, 0.25) is 5.91 Å². The summed E-state index contributed by atoms with van der Waals surface area (Å²) < 4.78 is 1.07. The van der Waals surface area contributed by atoms with Crippen LogP contribution in [0.4, 0.5) is 0 Å². The monoisotopic (exact) mass is 379 g/mol. The third kappa shape index (κ3) is 3.72. The second kappa shape index (κ2) is 7.25. The van der Waals surface area contributed by atoms with E-state index in [0.29, 0.717) is 25.8 Å². The third-order valence-electron chi connectivity index (χ3n) is 3.16. The lowest BCUT2D eigenvalue weighted by molar-refractivity contribution is -0.114. The first-order valence-electron chi connectivity index (χ1n) is 6.89. The van der Waals surface area contributed by atoms with Gasteiger partial charge in [0, 0.05) is 9.92 Å². The molecule has 0 unspecified atom stereocenters.